The van der Waals surface area contributed by atoms with Gasteiger partial charge in [0, 0.05) is 6.54 Å². The normalized spacial score (nSPS) is 10.1. The van der Waals surface area contributed by atoms with Crippen LogP contribution in [0.3, 0.4) is 0 Å². The number of aliphatic carboxylic acids is 1. The molecule has 0 heterocycles. The smallest absolute Gasteiger partial charge is 0.312 e. The first-order valence-corrected chi connectivity index (χ1v) is 5.56. The largest absolute Gasteiger partial charge is 0.481 e. The maximum absolute atomic E-state index is 10.9. The number of unbranched alkanes of at least 4 members (excludes halogenated alkanes) is 1. The van der Waals surface area contributed by atoms with Crippen molar-refractivity contribution in [2.75, 3.05) is 26.2 Å². The lowest BCUT2D eigenvalue weighted by Crippen LogP contribution is -2.27. The lowest BCUT2D eigenvalue weighted by molar-refractivity contribution is -0.140. The summed E-state index contributed by atoms with van der Waals surface area (Å²) < 4.78 is 0. The molecule has 0 aromatic carbocycles. The fourth-order valence-corrected chi connectivity index (χ4v) is 1.15. The van der Waals surface area contributed by atoms with Crippen molar-refractivity contribution in [1.82, 2.24) is 10.6 Å². The molecular weight excluding hydrogens is 210 g/mol. The van der Waals surface area contributed by atoms with Gasteiger partial charge in [0.25, 0.3) is 0 Å². The van der Waals surface area contributed by atoms with Crippen molar-refractivity contribution < 1.29 is 14.7 Å². The molecule has 0 aliphatic heterocycles. The predicted molar refractivity (Wildman–Crippen MR) is 61.0 cm³/mol. The van der Waals surface area contributed by atoms with Crippen molar-refractivity contribution in [2.24, 2.45) is 5.73 Å². The maximum Gasteiger partial charge on any atom is 0.312 e. The first kappa shape index (κ1) is 14.9. The minimum Gasteiger partial charge on any atom is -0.481 e. The molecule has 0 spiro atoms. The molecule has 6 heteroatoms. The third-order valence-corrected chi connectivity index (χ3v) is 1.97. The topological polar surface area (TPSA) is 104 Å². The Hall–Kier alpha value is -1.14. The van der Waals surface area contributed by atoms with Gasteiger partial charge in [-0.2, -0.15) is 0 Å². The zero-order valence-corrected chi connectivity index (χ0v) is 9.50. The summed E-state index contributed by atoms with van der Waals surface area (Å²) in [7, 11) is 0. The van der Waals surface area contributed by atoms with Crippen LogP contribution in [-0.4, -0.2) is 43.2 Å². The number of carboxylic acid groups (broad SMARTS) is 1. The number of nitrogens with two attached hydrogens (primary N) is 1. The van der Waals surface area contributed by atoms with Gasteiger partial charge in [0.1, 0.15) is 6.42 Å². The number of amides is 1. The highest BCUT2D eigenvalue weighted by molar-refractivity contribution is 5.93. The van der Waals surface area contributed by atoms with E-state index in [0.29, 0.717) is 13.1 Å². The first-order valence-electron chi connectivity index (χ1n) is 5.56. The summed E-state index contributed by atoms with van der Waals surface area (Å²) in [6.45, 7) is 3.04. The van der Waals surface area contributed by atoms with Crippen molar-refractivity contribution in [2.45, 2.75) is 25.7 Å². The van der Waals surface area contributed by atoms with Gasteiger partial charge in [0.2, 0.25) is 5.91 Å². The van der Waals surface area contributed by atoms with E-state index in [-0.39, 0.29) is 0 Å². The molecule has 0 bridgehead atoms. The minimum atomic E-state index is -1.10. The van der Waals surface area contributed by atoms with Gasteiger partial charge in [-0.15, -0.1) is 0 Å². The second-order valence-electron chi connectivity index (χ2n) is 3.52. The number of carbonyl (C=O) groups excluding carboxylic acids is 1. The summed E-state index contributed by atoms with van der Waals surface area (Å²) in [6, 6.07) is 0. The molecule has 94 valence electrons. The van der Waals surface area contributed by atoms with E-state index in [4.69, 9.17) is 10.8 Å². The summed E-state index contributed by atoms with van der Waals surface area (Å²) in [5.74, 6) is -1.52. The van der Waals surface area contributed by atoms with Crippen LogP contribution < -0.4 is 16.4 Å². The van der Waals surface area contributed by atoms with Crippen LogP contribution in [0.25, 0.3) is 0 Å². The maximum atomic E-state index is 10.9. The van der Waals surface area contributed by atoms with Crippen LogP contribution >= 0.6 is 0 Å². The van der Waals surface area contributed by atoms with Gasteiger partial charge in [0.05, 0.1) is 0 Å². The second kappa shape index (κ2) is 10.4. The minimum absolute atomic E-state index is 0.427. The lowest BCUT2D eigenvalue weighted by Gasteiger charge is -2.04. The molecule has 6 nitrogen and oxygen atoms in total. The molecule has 0 saturated carbocycles. The number of hydrogen-bond donors (Lipinski definition) is 4. The van der Waals surface area contributed by atoms with E-state index >= 15 is 0 Å². The van der Waals surface area contributed by atoms with Crippen LogP contribution in [0.15, 0.2) is 0 Å². The van der Waals surface area contributed by atoms with Crippen molar-refractivity contribution in [3.8, 4) is 0 Å². The molecule has 0 radical (unpaired) electrons. The molecule has 0 unspecified atom stereocenters. The average molecular weight is 231 g/mol. The van der Waals surface area contributed by atoms with E-state index in [0.717, 1.165) is 32.4 Å². The highest BCUT2D eigenvalue weighted by atomic mass is 16.4. The molecule has 0 fully saturated rings. The fourth-order valence-electron chi connectivity index (χ4n) is 1.15. The van der Waals surface area contributed by atoms with Crippen LogP contribution in [0.4, 0.5) is 0 Å². The monoisotopic (exact) mass is 231 g/mol. The number of carboxylic acids is 1. The summed E-state index contributed by atoms with van der Waals surface area (Å²) in [4.78, 5) is 21.1. The Bertz CT molecular complexity index is 209. The summed E-state index contributed by atoms with van der Waals surface area (Å²) in [5, 5.41) is 14.1. The Morgan fingerprint density at radius 3 is 2.31 bits per heavy atom. The van der Waals surface area contributed by atoms with Crippen LogP contribution in [0, 0.1) is 0 Å². The van der Waals surface area contributed by atoms with E-state index in [1.165, 1.54) is 0 Å². The van der Waals surface area contributed by atoms with Gasteiger partial charge in [0.15, 0.2) is 0 Å². The first-order chi connectivity index (χ1) is 7.66. The Balaban J connectivity index is 3.14. The number of hydrogen-bond acceptors (Lipinski definition) is 4. The van der Waals surface area contributed by atoms with Crippen molar-refractivity contribution in [3.63, 3.8) is 0 Å². The molecule has 0 rings (SSSR count). The van der Waals surface area contributed by atoms with Crippen LogP contribution in [0.1, 0.15) is 25.7 Å². The molecular formula is C10H21N3O3. The Kier molecular flexibility index (Phi) is 9.64. The average Bonchev–Trinajstić information content (AvgIpc) is 2.21. The SMILES string of the molecule is NCCCNCCCCNC(=O)CC(=O)O. The van der Waals surface area contributed by atoms with Crippen LogP contribution in [0.5, 0.6) is 0 Å². The lowest BCUT2D eigenvalue weighted by atomic mass is 10.3. The highest BCUT2D eigenvalue weighted by Gasteiger charge is 2.05. The molecule has 0 aliphatic carbocycles. The van der Waals surface area contributed by atoms with Crippen LogP contribution in [0.2, 0.25) is 0 Å². The van der Waals surface area contributed by atoms with Gasteiger partial charge in [-0.3, -0.25) is 9.59 Å². The third-order valence-electron chi connectivity index (χ3n) is 1.97. The number of carbonyl (C=O) groups is 2. The van der Waals surface area contributed by atoms with E-state index < -0.39 is 18.3 Å². The van der Waals surface area contributed by atoms with E-state index in [1.54, 1.807) is 0 Å². The quantitative estimate of drug-likeness (QED) is 0.294. The summed E-state index contributed by atoms with van der Waals surface area (Å²) in [6.07, 6.45) is 2.32. The van der Waals surface area contributed by atoms with Gasteiger partial charge in [-0.05, 0) is 38.9 Å². The Morgan fingerprint density at radius 2 is 1.69 bits per heavy atom. The Morgan fingerprint density at radius 1 is 1.06 bits per heavy atom. The summed E-state index contributed by atoms with van der Waals surface area (Å²) in [5.41, 5.74) is 5.33. The number of rotatable bonds is 10. The number of nitrogens with one attached hydrogen (secondary N) is 2. The van der Waals surface area contributed by atoms with Crippen LogP contribution in [-0.2, 0) is 9.59 Å². The second-order valence-corrected chi connectivity index (χ2v) is 3.52. The van der Waals surface area contributed by atoms with Gasteiger partial charge in [-0.25, -0.2) is 0 Å². The molecule has 1 amide bonds. The van der Waals surface area contributed by atoms with Gasteiger partial charge < -0.3 is 21.5 Å². The zero-order chi connectivity index (χ0) is 12.2. The molecule has 0 atom stereocenters. The van der Waals surface area contributed by atoms with E-state index in [1.807, 2.05) is 0 Å². The molecule has 5 N–H and O–H groups in total. The van der Waals surface area contributed by atoms with Crippen molar-refractivity contribution in [1.29, 1.82) is 0 Å². The fraction of sp³-hybridized carbons (Fsp3) is 0.800. The molecule has 0 aromatic rings. The van der Waals surface area contributed by atoms with Gasteiger partial charge in [-0.1, -0.05) is 0 Å². The predicted octanol–water partition coefficient (Wildman–Crippen LogP) is -0.704. The Labute approximate surface area is 95.6 Å². The standard InChI is InChI=1S/C10H21N3O3/c11-4-3-6-12-5-1-2-7-13-9(14)8-10(15)16/h12H,1-8,11H2,(H,13,14)(H,15,16). The molecule has 0 aromatic heterocycles. The highest BCUT2D eigenvalue weighted by Crippen LogP contribution is 1.86. The van der Waals surface area contributed by atoms with Crippen molar-refractivity contribution in [3.05, 3.63) is 0 Å². The van der Waals surface area contributed by atoms with E-state index in [9.17, 15) is 9.59 Å². The van der Waals surface area contributed by atoms with E-state index in [2.05, 4.69) is 10.6 Å². The molecule has 0 aliphatic rings. The third kappa shape index (κ3) is 10.9. The van der Waals surface area contributed by atoms with Gasteiger partial charge >= 0.3 is 5.97 Å². The molecule has 0 saturated heterocycles. The zero-order valence-electron chi connectivity index (χ0n) is 9.50. The summed E-state index contributed by atoms with van der Waals surface area (Å²) >= 11 is 0. The van der Waals surface area contributed by atoms with Crippen molar-refractivity contribution >= 4 is 11.9 Å². The molecule has 16 heavy (non-hydrogen) atoms.